The minimum absolute atomic E-state index is 0.216. The maximum absolute atomic E-state index is 6.14. The molecule has 0 saturated heterocycles. The highest BCUT2D eigenvalue weighted by molar-refractivity contribution is 5.03. The SMILES string of the molecule is CCC(C)N(CCOC)C(CC)(CN)C1CC1. The monoisotopic (exact) mass is 242 g/mol. The van der Waals surface area contributed by atoms with Crippen molar-refractivity contribution in [3.63, 3.8) is 0 Å². The van der Waals surface area contributed by atoms with E-state index in [0.717, 1.165) is 32.0 Å². The summed E-state index contributed by atoms with van der Waals surface area (Å²) in [6.45, 7) is 9.45. The molecule has 1 aliphatic carbocycles. The van der Waals surface area contributed by atoms with Gasteiger partial charge in [-0.25, -0.2) is 0 Å². The highest BCUT2D eigenvalue weighted by Gasteiger charge is 2.47. The van der Waals surface area contributed by atoms with Crippen LogP contribution in [0.4, 0.5) is 0 Å². The van der Waals surface area contributed by atoms with Crippen LogP contribution in [0.2, 0.25) is 0 Å². The van der Waals surface area contributed by atoms with Crippen molar-refractivity contribution in [2.75, 3.05) is 26.8 Å². The lowest BCUT2D eigenvalue weighted by molar-refractivity contribution is 0.00996. The molecule has 3 nitrogen and oxygen atoms in total. The molecule has 0 radical (unpaired) electrons. The van der Waals surface area contributed by atoms with Crippen molar-refractivity contribution >= 4 is 0 Å². The molecule has 2 unspecified atom stereocenters. The van der Waals surface area contributed by atoms with Gasteiger partial charge in [0.05, 0.1) is 6.61 Å². The first-order chi connectivity index (χ1) is 8.16. The number of nitrogens with two attached hydrogens (primary N) is 1. The van der Waals surface area contributed by atoms with Crippen LogP contribution in [0.15, 0.2) is 0 Å². The Morgan fingerprint density at radius 1 is 1.41 bits per heavy atom. The molecule has 0 bridgehead atoms. The summed E-state index contributed by atoms with van der Waals surface area (Å²) in [7, 11) is 1.78. The third kappa shape index (κ3) is 3.21. The molecule has 17 heavy (non-hydrogen) atoms. The first-order valence-electron chi connectivity index (χ1n) is 7.12. The summed E-state index contributed by atoms with van der Waals surface area (Å²) in [5, 5.41) is 0. The molecule has 0 aromatic carbocycles. The van der Waals surface area contributed by atoms with Gasteiger partial charge in [-0.05, 0) is 38.5 Å². The fourth-order valence-corrected chi connectivity index (χ4v) is 3.07. The number of hydrogen-bond donors (Lipinski definition) is 1. The second kappa shape index (κ2) is 6.72. The zero-order valence-electron chi connectivity index (χ0n) is 12.0. The molecule has 0 heterocycles. The molecular weight excluding hydrogens is 212 g/mol. The van der Waals surface area contributed by atoms with Crippen molar-refractivity contribution in [1.82, 2.24) is 4.90 Å². The third-order valence-electron chi connectivity index (χ3n) is 4.53. The van der Waals surface area contributed by atoms with E-state index in [1.54, 1.807) is 7.11 Å². The normalized spacial score (nSPS) is 21.5. The smallest absolute Gasteiger partial charge is 0.0590 e. The largest absolute Gasteiger partial charge is 0.383 e. The van der Waals surface area contributed by atoms with Gasteiger partial charge in [0.2, 0.25) is 0 Å². The van der Waals surface area contributed by atoms with Crippen LogP contribution in [-0.2, 0) is 4.74 Å². The van der Waals surface area contributed by atoms with Gasteiger partial charge in [0.25, 0.3) is 0 Å². The van der Waals surface area contributed by atoms with E-state index in [2.05, 4.69) is 25.7 Å². The Balaban J connectivity index is 2.82. The zero-order valence-corrected chi connectivity index (χ0v) is 12.0. The van der Waals surface area contributed by atoms with E-state index in [0.29, 0.717) is 6.04 Å². The molecule has 0 aliphatic heterocycles. The van der Waals surface area contributed by atoms with Gasteiger partial charge in [0.1, 0.15) is 0 Å². The summed E-state index contributed by atoms with van der Waals surface area (Å²) < 4.78 is 5.27. The van der Waals surface area contributed by atoms with Gasteiger partial charge in [-0.2, -0.15) is 0 Å². The second-order valence-corrected chi connectivity index (χ2v) is 5.38. The lowest BCUT2D eigenvalue weighted by Gasteiger charge is -2.47. The van der Waals surface area contributed by atoms with Crippen molar-refractivity contribution in [2.45, 2.75) is 58.0 Å². The van der Waals surface area contributed by atoms with Gasteiger partial charge in [-0.1, -0.05) is 13.8 Å². The number of methoxy groups -OCH3 is 1. The molecule has 1 aliphatic rings. The average molecular weight is 242 g/mol. The molecule has 0 aromatic heterocycles. The Hall–Kier alpha value is -0.120. The van der Waals surface area contributed by atoms with E-state index < -0.39 is 0 Å². The number of hydrogen-bond acceptors (Lipinski definition) is 3. The Labute approximate surface area is 107 Å². The third-order valence-corrected chi connectivity index (χ3v) is 4.53. The van der Waals surface area contributed by atoms with Gasteiger partial charge < -0.3 is 10.5 Å². The van der Waals surface area contributed by atoms with Crippen molar-refractivity contribution in [1.29, 1.82) is 0 Å². The van der Waals surface area contributed by atoms with Crippen LogP contribution >= 0.6 is 0 Å². The molecule has 102 valence electrons. The van der Waals surface area contributed by atoms with Crippen LogP contribution in [0.3, 0.4) is 0 Å². The molecule has 0 aromatic rings. The molecule has 2 atom stereocenters. The number of nitrogens with zero attached hydrogens (tertiary/aromatic N) is 1. The van der Waals surface area contributed by atoms with Crippen LogP contribution in [0.5, 0.6) is 0 Å². The lowest BCUT2D eigenvalue weighted by Crippen LogP contribution is -2.59. The summed E-state index contributed by atoms with van der Waals surface area (Å²) in [6.07, 6.45) is 5.04. The predicted molar refractivity (Wildman–Crippen MR) is 73.1 cm³/mol. The molecule has 0 spiro atoms. The highest BCUT2D eigenvalue weighted by Crippen LogP contribution is 2.45. The minimum Gasteiger partial charge on any atom is -0.383 e. The molecule has 1 fully saturated rings. The van der Waals surface area contributed by atoms with Gasteiger partial charge in [-0.3, -0.25) is 4.90 Å². The number of ether oxygens (including phenoxy) is 1. The van der Waals surface area contributed by atoms with Gasteiger partial charge in [-0.15, -0.1) is 0 Å². The Kier molecular flexibility index (Phi) is 5.90. The fourth-order valence-electron chi connectivity index (χ4n) is 3.07. The van der Waals surface area contributed by atoms with Crippen molar-refractivity contribution in [3.8, 4) is 0 Å². The summed E-state index contributed by atoms with van der Waals surface area (Å²) in [4.78, 5) is 2.62. The van der Waals surface area contributed by atoms with E-state index >= 15 is 0 Å². The zero-order chi connectivity index (χ0) is 12.9. The van der Waals surface area contributed by atoms with Crippen LogP contribution < -0.4 is 5.73 Å². The quantitative estimate of drug-likeness (QED) is 0.674. The maximum atomic E-state index is 6.14. The van der Waals surface area contributed by atoms with Crippen molar-refractivity contribution in [3.05, 3.63) is 0 Å². The molecule has 1 saturated carbocycles. The van der Waals surface area contributed by atoms with E-state index in [9.17, 15) is 0 Å². The Morgan fingerprint density at radius 2 is 2.06 bits per heavy atom. The molecule has 1 rings (SSSR count). The van der Waals surface area contributed by atoms with Crippen LogP contribution in [0.1, 0.15) is 46.5 Å². The van der Waals surface area contributed by atoms with E-state index in [4.69, 9.17) is 10.5 Å². The fraction of sp³-hybridized carbons (Fsp3) is 1.00. The molecule has 2 N–H and O–H groups in total. The van der Waals surface area contributed by atoms with Crippen LogP contribution in [0, 0.1) is 5.92 Å². The molecule has 0 amide bonds. The van der Waals surface area contributed by atoms with Gasteiger partial charge >= 0.3 is 0 Å². The number of rotatable bonds is 9. The molecular formula is C14H30N2O. The first-order valence-corrected chi connectivity index (χ1v) is 7.12. The van der Waals surface area contributed by atoms with Crippen LogP contribution in [0.25, 0.3) is 0 Å². The highest BCUT2D eigenvalue weighted by atomic mass is 16.5. The summed E-state index contributed by atoms with van der Waals surface area (Å²) in [5.41, 5.74) is 6.36. The predicted octanol–water partition coefficient (Wildman–Crippen LogP) is 2.25. The Bertz CT molecular complexity index is 212. The van der Waals surface area contributed by atoms with E-state index in [1.165, 1.54) is 19.3 Å². The minimum atomic E-state index is 0.216. The van der Waals surface area contributed by atoms with Gasteiger partial charge in [0.15, 0.2) is 0 Å². The van der Waals surface area contributed by atoms with E-state index in [-0.39, 0.29) is 5.54 Å². The first kappa shape index (κ1) is 14.9. The standard InChI is InChI=1S/C14H30N2O/c1-5-12(3)16(9-10-17-4)14(6-2,11-15)13-7-8-13/h12-13H,5-11,15H2,1-4H3. The summed E-state index contributed by atoms with van der Waals surface area (Å²) in [6, 6.07) is 0.592. The topological polar surface area (TPSA) is 38.5 Å². The summed E-state index contributed by atoms with van der Waals surface area (Å²) >= 11 is 0. The molecule has 3 heteroatoms. The van der Waals surface area contributed by atoms with Crippen molar-refractivity contribution in [2.24, 2.45) is 11.7 Å². The van der Waals surface area contributed by atoms with E-state index in [1.807, 2.05) is 0 Å². The average Bonchev–Trinajstić information content (AvgIpc) is 3.18. The Morgan fingerprint density at radius 3 is 2.41 bits per heavy atom. The maximum Gasteiger partial charge on any atom is 0.0590 e. The van der Waals surface area contributed by atoms with Crippen LogP contribution in [-0.4, -0.2) is 43.3 Å². The van der Waals surface area contributed by atoms with Gasteiger partial charge in [0, 0.05) is 31.8 Å². The van der Waals surface area contributed by atoms with Crippen molar-refractivity contribution < 1.29 is 4.74 Å². The lowest BCUT2D eigenvalue weighted by atomic mass is 9.86. The second-order valence-electron chi connectivity index (χ2n) is 5.38. The summed E-state index contributed by atoms with van der Waals surface area (Å²) in [5.74, 6) is 0.809.